The fourth-order valence-electron chi connectivity index (χ4n) is 3.78. The van der Waals surface area contributed by atoms with Crippen LogP contribution >= 0.6 is 11.3 Å². The number of hydrogen-bond acceptors (Lipinski definition) is 6. The predicted octanol–water partition coefficient (Wildman–Crippen LogP) is 2.28. The molecule has 2 fully saturated rings. The van der Waals surface area contributed by atoms with E-state index in [2.05, 4.69) is 20.5 Å². The molecule has 0 radical (unpaired) electrons. The van der Waals surface area contributed by atoms with Gasteiger partial charge in [-0.3, -0.25) is 19.7 Å². The van der Waals surface area contributed by atoms with E-state index in [4.69, 9.17) is 0 Å². The van der Waals surface area contributed by atoms with Crippen LogP contribution in [0.1, 0.15) is 32.6 Å². The van der Waals surface area contributed by atoms with Gasteiger partial charge < -0.3 is 10.2 Å². The molecule has 136 valence electrons. The van der Waals surface area contributed by atoms with E-state index in [9.17, 15) is 14.4 Å². The summed E-state index contributed by atoms with van der Waals surface area (Å²) >= 11 is 1.55. The van der Waals surface area contributed by atoms with Gasteiger partial charge >= 0.3 is 0 Å². The van der Waals surface area contributed by atoms with Gasteiger partial charge in [-0.05, 0) is 37.5 Å². The highest BCUT2D eigenvalue weighted by Crippen LogP contribution is 2.41. The van der Waals surface area contributed by atoms with Crippen LogP contribution in [0.4, 0.5) is 10.8 Å². The third-order valence-electron chi connectivity index (χ3n) is 5.12. The van der Waals surface area contributed by atoms with Crippen molar-refractivity contribution in [2.24, 2.45) is 5.41 Å². The van der Waals surface area contributed by atoms with Crippen molar-refractivity contribution in [3.05, 3.63) is 18.2 Å². The van der Waals surface area contributed by atoms with Crippen LogP contribution in [0.2, 0.25) is 0 Å². The maximum atomic E-state index is 12.5. The zero-order valence-corrected chi connectivity index (χ0v) is 15.3. The standard InChI is InChI=1S/C18H20N4O3S/c1-11(23)19-12-4-5-13-14(9-12)26-17(20-13)22-8-7-18(10-22)6-2-3-15(24)21-16(18)25/h4-5,9H,2-3,6-8,10H2,1H3,(H,19,23)(H,21,24,25). The molecule has 2 saturated heterocycles. The largest absolute Gasteiger partial charge is 0.347 e. The predicted molar refractivity (Wildman–Crippen MR) is 100 cm³/mol. The van der Waals surface area contributed by atoms with Crippen molar-refractivity contribution in [2.75, 3.05) is 23.3 Å². The van der Waals surface area contributed by atoms with Crippen molar-refractivity contribution in [2.45, 2.75) is 32.6 Å². The number of rotatable bonds is 2. The first kappa shape index (κ1) is 17.0. The second kappa shape index (κ2) is 6.35. The van der Waals surface area contributed by atoms with Crippen LogP contribution in [0.25, 0.3) is 10.2 Å². The maximum absolute atomic E-state index is 12.5. The van der Waals surface area contributed by atoms with Crippen LogP contribution in [0.5, 0.6) is 0 Å². The second-order valence-electron chi connectivity index (χ2n) is 7.04. The summed E-state index contributed by atoms with van der Waals surface area (Å²) in [6, 6.07) is 5.65. The summed E-state index contributed by atoms with van der Waals surface area (Å²) < 4.78 is 0.993. The normalized spacial score (nSPS) is 23.3. The molecule has 1 atom stereocenters. The van der Waals surface area contributed by atoms with Gasteiger partial charge in [0, 0.05) is 32.1 Å². The highest BCUT2D eigenvalue weighted by Gasteiger charge is 2.46. The molecule has 2 aliphatic rings. The average Bonchev–Trinajstić information content (AvgIpc) is 3.15. The second-order valence-corrected chi connectivity index (χ2v) is 8.05. The van der Waals surface area contributed by atoms with Gasteiger partial charge in [-0.1, -0.05) is 11.3 Å². The molecule has 2 aliphatic heterocycles. The van der Waals surface area contributed by atoms with Crippen molar-refractivity contribution in [1.82, 2.24) is 10.3 Å². The van der Waals surface area contributed by atoms with Gasteiger partial charge in [-0.2, -0.15) is 0 Å². The molecule has 4 rings (SSSR count). The Morgan fingerprint density at radius 1 is 1.35 bits per heavy atom. The molecular formula is C18H20N4O3S. The van der Waals surface area contributed by atoms with Crippen LogP contribution < -0.4 is 15.5 Å². The van der Waals surface area contributed by atoms with Crippen molar-refractivity contribution in [3.8, 4) is 0 Å². The van der Waals surface area contributed by atoms with Gasteiger partial charge in [0.2, 0.25) is 17.7 Å². The number of benzene rings is 1. The van der Waals surface area contributed by atoms with E-state index in [0.29, 0.717) is 13.0 Å². The lowest BCUT2D eigenvalue weighted by Gasteiger charge is -2.25. The number of nitrogens with one attached hydrogen (secondary N) is 2. The number of hydrogen-bond donors (Lipinski definition) is 2. The van der Waals surface area contributed by atoms with Gasteiger partial charge in [-0.15, -0.1) is 0 Å². The van der Waals surface area contributed by atoms with E-state index in [0.717, 1.165) is 46.8 Å². The summed E-state index contributed by atoms with van der Waals surface area (Å²) in [6.45, 7) is 2.82. The zero-order valence-electron chi connectivity index (χ0n) is 14.5. The Labute approximate surface area is 154 Å². The first-order valence-corrected chi connectivity index (χ1v) is 9.54. The number of imide groups is 1. The molecule has 2 aromatic rings. The molecule has 3 heterocycles. The van der Waals surface area contributed by atoms with E-state index in [1.54, 1.807) is 11.3 Å². The van der Waals surface area contributed by atoms with Gasteiger partial charge in [0.05, 0.1) is 15.6 Å². The topological polar surface area (TPSA) is 91.4 Å². The van der Waals surface area contributed by atoms with Crippen LogP contribution in [0.3, 0.4) is 0 Å². The van der Waals surface area contributed by atoms with E-state index < -0.39 is 5.41 Å². The fourth-order valence-corrected chi connectivity index (χ4v) is 4.81. The summed E-state index contributed by atoms with van der Waals surface area (Å²) in [7, 11) is 0. The van der Waals surface area contributed by atoms with Gasteiger partial charge in [0.15, 0.2) is 5.13 Å². The molecule has 2 N–H and O–H groups in total. The minimum absolute atomic E-state index is 0.107. The SMILES string of the molecule is CC(=O)Nc1ccc2nc(N3CCC4(CCCC(=O)NC4=O)C3)sc2c1. The molecule has 8 heteroatoms. The number of amides is 3. The quantitative estimate of drug-likeness (QED) is 0.789. The number of fused-ring (bicyclic) bond motifs is 1. The average molecular weight is 372 g/mol. The minimum Gasteiger partial charge on any atom is -0.347 e. The third-order valence-corrected chi connectivity index (χ3v) is 6.19. The van der Waals surface area contributed by atoms with E-state index in [-0.39, 0.29) is 17.7 Å². The summed E-state index contributed by atoms with van der Waals surface area (Å²) in [5.74, 6) is -0.420. The molecule has 0 saturated carbocycles. The monoisotopic (exact) mass is 372 g/mol. The number of anilines is 2. The van der Waals surface area contributed by atoms with Crippen molar-refractivity contribution in [3.63, 3.8) is 0 Å². The molecule has 3 amide bonds. The minimum atomic E-state index is -0.495. The molecule has 1 aromatic heterocycles. The number of thiazole rings is 1. The summed E-state index contributed by atoms with van der Waals surface area (Å²) in [5, 5.41) is 6.19. The summed E-state index contributed by atoms with van der Waals surface area (Å²) in [6.07, 6.45) is 2.63. The molecule has 0 aliphatic carbocycles. The lowest BCUT2D eigenvalue weighted by atomic mass is 9.82. The van der Waals surface area contributed by atoms with E-state index >= 15 is 0 Å². The van der Waals surface area contributed by atoms with Crippen molar-refractivity contribution < 1.29 is 14.4 Å². The fraction of sp³-hybridized carbons (Fsp3) is 0.444. The van der Waals surface area contributed by atoms with E-state index in [1.165, 1.54) is 6.92 Å². The van der Waals surface area contributed by atoms with Crippen molar-refractivity contribution in [1.29, 1.82) is 0 Å². The maximum Gasteiger partial charge on any atom is 0.234 e. The molecule has 0 bridgehead atoms. The van der Waals surface area contributed by atoms with E-state index in [1.807, 2.05) is 18.2 Å². The summed E-state index contributed by atoms with van der Waals surface area (Å²) in [5.41, 5.74) is 1.13. The Hall–Kier alpha value is -2.48. The number of nitrogens with zero attached hydrogens (tertiary/aromatic N) is 2. The van der Waals surface area contributed by atoms with Gasteiger partial charge in [-0.25, -0.2) is 4.98 Å². The Morgan fingerprint density at radius 2 is 2.19 bits per heavy atom. The molecule has 1 aromatic carbocycles. The number of aromatic nitrogens is 1. The number of carbonyl (C=O) groups excluding carboxylic acids is 3. The lowest BCUT2D eigenvalue weighted by Crippen LogP contribution is -2.43. The van der Waals surface area contributed by atoms with Crippen LogP contribution in [0.15, 0.2) is 18.2 Å². The lowest BCUT2D eigenvalue weighted by molar-refractivity contribution is -0.134. The molecule has 1 unspecified atom stereocenters. The molecule has 1 spiro atoms. The Balaban J connectivity index is 1.57. The third kappa shape index (κ3) is 3.05. The highest BCUT2D eigenvalue weighted by atomic mass is 32.1. The van der Waals surface area contributed by atoms with Crippen LogP contribution in [-0.2, 0) is 14.4 Å². The molecule has 26 heavy (non-hydrogen) atoms. The Kier molecular flexibility index (Phi) is 4.14. The van der Waals surface area contributed by atoms with Crippen LogP contribution in [0, 0.1) is 5.41 Å². The van der Waals surface area contributed by atoms with Crippen LogP contribution in [-0.4, -0.2) is 35.8 Å². The molecule has 7 nitrogen and oxygen atoms in total. The Morgan fingerprint density at radius 3 is 3.00 bits per heavy atom. The summed E-state index contributed by atoms with van der Waals surface area (Å²) in [4.78, 5) is 42.2. The molecular weight excluding hydrogens is 352 g/mol. The Bertz CT molecular complexity index is 909. The zero-order chi connectivity index (χ0) is 18.3. The first-order chi connectivity index (χ1) is 12.4. The van der Waals surface area contributed by atoms with Gasteiger partial charge in [0.25, 0.3) is 0 Å². The number of carbonyl (C=O) groups is 3. The smallest absolute Gasteiger partial charge is 0.234 e. The van der Waals surface area contributed by atoms with Gasteiger partial charge in [0.1, 0.15) is 0 Å². The highest BCUT2D eigenvalue weighted by molar-refractivity contribution is 7.22. The van der Waals surface area contributed by atoms with Crippen molar-refractivity contribution >= 4 is 50.1 Å². The first-order valence-electron chi connectivity index (χ1n) is 8.73.